The first-order valence-electron chi connectivity index (χ1n) is 26.1. The lowest BCUT2D eigenvalue weighted by Gasteiger charge is -2.41. The van der Waals surface area contributed by atoms with Crippen molar-refractivity contribution in [2.24, 2.45) is 23.7 Å². The molecule has 7 amide bonds. The van der Waals surface area contributed by atoms with Crippen LogP contribution in [0.15, 0.2) is 30.3 Å². The summed E-state index contributed by atoms with van der Waals surface area (Å²) in [6.07, 6.45) is 0.266. The fraction of sp³-hybridized carbons (Fsp3) is 0.685. The van der Waals surface area contributed by atoms with E-state index in [-0.39, 0.29) is 88.9 Å². The number of esters is 1. The Morgan fingerprint density at radius 3 is 1.87 bits per heavy atom. The van der Waals surface area contributed by atoms with E-state index < -0.39 is 95.7 Å². The third kappa shape index (κ3) is 21.5. The highest BCUT2D eigenvalue weighted by Crippen LogP contribution is 2.30. The summed E-state index contributed by atoms with van der Waals surface area (Å²) in [7, 11) is 7.40. The number of hydrogen-bond acceptors (Lipinski definition) is 14. The smallest absolute Gasteiger partial charge is 0.328 e. The maximum atomic E-state index is 14.6. The molecule has 1 heterocycles. The molecule has 426 valence electrons. The highest BCUT2D eigenvalue weighted by molar-refractivity contribution is 6.02. The van der Waals surface area contributed by atoms with Gasteiger partial charge in [-0.25, -0.2) is 4.79 Å². The predicted octanol–water partition coefficient (Wildman–Crippen LogP) is 1.56. The Balaban J connectivity index is 2.09. The van der Waals surface area contributed by atoms with Crippen molar-refractivity contribution < 1.29 is 71.9 Å². The van der Waals surface area contributed by atoms with Crippen LogP contribution in [-0.2, 0) is 73.3 Å². The Kier molecular flexibility index (Phi) is 29.9. The van der Waals surface area contributed by atoms with Crippen LogP contribution in [0.5, 0.6) is 0 Å². The van der Waals surface area contributed by atoms with E-state index in [1.54, 1.807) is 37.6 Å². The number of nitrogens with one attached hydrogen (secondary N) is 4. The summed E-state index contributed by atoms with van der Waals surface area (Å²) in [4.78, 5) is 122. The van der Waals surface area contributed by atoms with Gasteiger partial charge in [0.2, 0.25) is 29.5 Å². The molecule has 0 radical (unpaired) electrons. The van der Waals surface area contributed by atoms with Crippen molar-refractivity contribution in [3.8, 4) is 11.8 Å². The molecule has 22 heteroatoms. The first-order valence-corrected chi connectivity index (χ1v) is 26.1. The highest BCUT2D eigenvalue weighted by Gasteiger charge is 2.44. The number of carbonyl (C=O) groups is 9. The number of carbonyl (C=O) groups excluding carboxylic acids is 8. The minimum absolute atomic E-state index is 0.000982. The number of rotatable bonds is 33. The van der Waals surface area contributed by atoms with Crippen molar-refractivity contribution in [3.63, 3.8) is 0 Å². The first-order chi connectivity index (χ1) is 36.0. The van der Waals surface area contributed by atoms with Gasteiger partial charge in [-0.3, -0.25) is 38.4 Å². The number of ether oxygens (including phenoxy) is 5. The lowest BCUT2D eigenvalue weighted by atomic mass is 9.89. The second-order valence-electron chi connectivity index (χ2n) is 19.7. The normalized spacial score (nSPS) is 16.3. The second kappa shape index (κ2) is 34.5. The summed E-state index contributed by atoms with van der Waals surface area (Å²) in [5, 5.41) is 19.3. The Hall–Kier alpha value is -6.15. The molecule has 0 aliphatic carbocycles. The van der Waals surface area contributed by atoms with E-state index in [4.69, 9.17) is 28.8 Å². The molecule has 22 nitrogen and oxygen atoms in total. The van der Waals surface area contributed by atoms with Crippen molar-refractivity contribution in [2.75, 3.05) is 81.5 Å². The molecular formula is C54H85N7O15. The summed E-state index contributed by atoms with van der Waals surface area (Å²) in [6.45, 7) is 13.5. The summed E-state index contributed by atoms with van der Waals surface area (Å²) >= 11 is 0. The van der Waals surface area contributed by atoms with Gasteiger partial charge in [0.25, 0.3) is 11.8 Å². The lowest BCUT2D eigenvalue weighted by molar-refractivity contribution is -0.149. The lowest BCUT2D eigenvalue weighted by Crippen LogP contribution is -2.60. The molecule has 0 unspecified atom stereocenters. The SMILES string of the molecule is CC[C@H](C)[C@@H]([C@@H](CC(=O)N1CCC[C@H]1[C@H](OC)[C@@H](C)C(=O)N[C@@H](Cc1ccccc1)C(=O)OC)OC)N(C)C(=O)[C@@H](NC(=O)[C@H](C(C)C)N(C)C(=O)CCOCCNC(=O)C#CC(=O)NCCOCCC(=O)O)C(C)C. The molecule has 76 heavy (non-hydrogen) atoms. The van der Waals surface area contributed by atoms with Crippen LogP contribution in [0, 0.1) is 35.5 Å². The topological polar surface area (TPSA) is 278 Å². The van der Waals surface area contributed by atoms with Gasteiger partial charge in [0.1, 0.15) is 18.1 Å². The third-order valence-electron chi connectivity index (χ3n) is 13.6. The monoisotopic (exact) mass is 1070 g/mol. The number of carboxylic acids is 1. The van der Waals surface area contributed by atoms with Crippen molar-refractivity contribution in [1.82, 2.24) is 36.0 Å². The van der Waals surface area contributed by atoms with Gasteiger partial charge in [-0.15, -0.1) is 0 Å². The molecule has 0 saturated carbocycles. The van der Waals surface area contributed by atoms with Gasteiger partial charge in [0.05, 0.1) is 83.0 Å². The van der Waals surface area contributed by atoms with E-state index in [1.807, 2.05) is 58.0 Å². The second-order valence-corrected chi connectivity index (χ2v) is 19.7. The van der Waals surface area contributed by atoms with Crippen molar-refractivity contribution >= 4 is 53.3 Å². The number of nitrogens with zero attached hydrogens (tertiary/aromatic N) is 3. The number of methoxy groups -OCH3 is 3. The fourth-order valence-electron chi connectivity index (χ4n) is 9.22. The summed E-state index contributed by atoms with van der Waals surface area (Å²) in [5.74, 6) is -2.39. The van der Waals surface area contributed by atoms with E-state index in [9.17, 15) is 43.2 Å². The van der Waals surface area contributed by atoms with Crippen molar-refractivity contribution in [1.29, 1.82) is 0 Å². The van der Waals surface area contributed by atoms with Gasteiger partial charge in [0.15, 0.2) is 0 Å². The molecule has 1 aromatic rings. The molecule has 0 aromatic heterocycles. The molecule has 5 N–H and O–H groups in total. The average Bonchev–Trinajstić information content (AvgIpc) is 3.88. The molecule has 1 aromatic carbocycles. The number of hydrogen-bond donors (Lipinski definition) is 5. The minimum Gasteiger partial charge on any atom is -0.481 e. The molecular weight excluding hydrogens is 987 g/mol. The molecule has 0 bridgehead atoms. The Morgan fingerprint density at radius 1 is 0.763 bits per heavy atom. The Bertz CT molecular complexity index is 2120. The average molecular weight is 1070 g/mol. The van der Waals surface area contributed by atoms with Crippen LogP contribution in [0.4, 0.5) is 0 Å². The van der Waals surface area contributed by atoms with Gasteiger partial charge >= 0.3 is 11.9 Å². The van der Waals surface area contributed by atoms with Crippen LogP contribution in [0.1, 0.15) is 92.6 Å². The van der Waals surface area contributed by atoms with Gasteiger partial charge < -0.3 is 64.8 Å². The first kappa shape index (κ1) is 66.0. The van der Waals surface area contributed by atoms with E-state index in [2.05, 4.69) is 33.1 Å². The van der Waals surface area contributed by atoms with E-state index >= 15 is 0 Å². The van der Waals surface area contributed by atoms with Crippen LogP contribution in [-0.4, -0.2) is 197 Å². The molecule has 1 fully saturated rings. The van der Waals surface area contributed by atoms with Crippen LogP contribution in [0.25, 0.3) is 0 Å². The van der Waals surface area contributed by atoms with E-state index in [1.165, 1.54) is 33.3 Å². The van der Waals surface area contributed by atoms with Gasteiger partial charge in [0, 0.05) is 66.2 Å². The summed E-state index contributed by atoms with van der Waals surface area (Å²) < 4.78 is 27.6. The van der Waals surface area contributed by atoms with E-state index in [0.29, 0.717) is 25.8 Å². The highest BCUT2D eigenvalue weighted by atomic mass is 16.5. The quantitative estimate of drug-likeness (QED) is 0.0380. The Morgan fingerprint density at radius 2 is 1.36 bits per heavy atom. The van der Waals surface area contributed by atoms with Gasteiger partial charge in [-0.2, -0.15) is 0 Å². The molecule has 1 aliphatic heterocycles. The standard InChI is InChI=1S/C54H85N7O15/c1-13-36(6)49(41(72-10)33-45(65)61-27-17-20-40(61)50(73-11)37(7)51(68)57-39(54(71)74-12)32-38-18-15-14-16-19-38)60(9)53(70)47(34(2)3)58-52(69)48(35(4)5)59(8)44(64)23-28-75-30-25-55-42(62)21-22-43(63)56-26-31-76-29-24-46(66)67/h14-16,18-19,34-37,39-41,47-50H,13,17,20,23-33H2,1-12H3,(H,55,62)(H,56,63)(H,57,68)(H,58,69)(H,66,67)/t36-,37+,39-,40-,41+,47-,48-,49-,50+/m0/s1. The summed E-state index contributed by atoms with van der Waals surface area (Å²) in [5.41, 5.74) is 0.841. The van der Waals surface area contributed by atoms with Crippen molar-refractivity contribution in [2.45, 2.75) is 136 Å². The zero-order valence-corrected chi connectivity index (χ0v) is 46.6. The minimum atomic E-state index is -1.01. The van der Waals surface area contributed by atoms with Crippen LogP contribution < -0.4 is 21.3 Å². The molecule has 1 saturated heterocycles. The van der Waals surface area contributed by atoms with Crippen LogP contribution in [0.3, 0.4) is 0 Å². The number of likely N-dealkylation sites (N-methyl/N-ethyl adjacent to an activating group) is 2. The zero-order valence-electron chi connectivity index (χ0n) is 46.6. The zero-order chi connectivity index (χ0) is 57.1. The van der Waals surface area contributed by atoms with Gasteiger partial charge in [-0.1, -0.05) is 85.2 Å². The fourth-order valence-corrected chi connectivity index (χ4v) is 9.22. The van der Waals surface area contributed by atoms with E-state index in [0.717, 1.165) is 5.56 Å². The summed E-state index contributed by atoms with van der Waals surface area (Å²) in [6, 6.07) is 5.28. The molecule has 2 rings (SSSR count). The number of benzene rings is 1. The van der Waals surface area contributed by atoms with Gasteiger partial charge in [-0.05, 0) is 36.2 Å². The van der Waals surface area contributed by atoms with Crippen LogP contribution in [0.2, 0.25) is 0 Å². The maximum absolute atomic E-state index is 14.6. The largest absolute Gasteiger partial charge is 0.481 e. The number of likely N-dealkylation sites (tertiary alicyclic amines) is 1. The predicted molar refractivity (Wildman–Crippen MR) is 281 cm³/mol. The number of amides is 7. The molecule has 0 spiro atoms. The van der Waals surface area contributed by atoms with Crippen molar-refractivity contribution in [3.05, 3.63) is 35.9 Å². The van der Waals surface area contributed by atoms with Crippen LogP contribution >= 0.6 is 0 Å². The third-order valence-corrected chi connectivity index (χ3v) is 13.6. The molecule has 1 aliphatic rings. The number of aliphatic carboxylic acids is 1. The number of carboxylic acid groups (broad SMARTS) is 1. The Labute approximate surface area is 448 Å². The maximum Gasteiger partial charge on any atom is 0.328 e. The molecule has 9 atom stereocenters.